The van der Waals surface area contributed by atoms with E-state index in [2.05, 4.69) is 6.07 Å². The van der Waals surface area contributed by atoms with Crippen molar-refractivity contribution in [2.45, 2.75) is 6.92 Å². The lowest BCUT2D eigenvalue weighted by atomic mass is 10.0. The van der Waals surface area contributed by atoms with Crippen molar-refractivity contribution in [1.82, 2.24) is 0 Å². The first-order valence-electron chi connectivity index (χ1n) is 7.85. The van der Waals surface area contributed by atoms with E-state index in [0.29, 0.717) is 13.2 Å². The number of aryl methyl sites for hydroxylation is 1. The average molecular weight is 327 g/mol. The van der Waals surface area contributed by atoms with Gasteiger partial charge in [0, 0.05) is 23.9 Å². The molecule has 1 amide bonds. The molecule has 0 N–H and O–H groups in total. The van der Waals surface area contributed by atoms with Crippen LogP contribution in [0.3, 0.4) is 0 Å². The Bertz CT molecular complexity index is 757. The molecule has 0 atom stereocenters. The SMILES string of the molecule is COc1ccc(-c2ccc(N3CCOCC3=O)cc2OC)cc1C. The molecule has 1 aliphatic rings. The molecule has 0 aromatic heterocycles. The van der Waals surface area contributed by atoms with E-state index in [1.807, 2.05) is 37.3 Å². The number of benzene rings is 2. The second-order valence-corrected chi connectivity index (χ2v) is 5.67. The molecule has 0 aliphatic carbocycles. The minimum absolute atomic E-state index is 0.0312. The molecule has 1 heterocycles. The highest BCUT2D eigenvalue weighted by molar-refractivity contribution is 5.95. The highest BCUT2D eigenvalue weighted by Crippen LogP contribution is 2.35. The van der Waals surface area contributed by atoms with Crippen molar-refractivity contribution < 1.29 is 19.0 Å². The minimum Gasteiger partial charge on any atom is -0.496 e. The Kier molecular flexibility index (Phi) is 4.71. The number of rotatable bonds is 4. The van der Waals surface area contributed by atoms with Crippen molar-refractivity contribution in [1.29, 1.82) is 0 Å². The fourth-order valence-corrected chi connectivity index (χ4v) is 2.92. The summed E-state index contributed by atoms with van der Waals surface area (Å²) in [6.45, 7) is 3.24. The van der Waals surface area contributed by atoms with Crippen LogP contribution in [0.15, 0.2) is 36.4 Å². The zero-order valence-corrected chi connectivity index (χ0v) is 14.2. The average Bonchev–Trinajstić information content (AvgIpc) is 2.61. The number of ether oxygens (including phenoxy) is 3. The van der Waals surface area contributed by atoms with Gasteiger partial charge in [0.2, 0.25) is 0 Å². The van der Waals surface area contributed by atoms with Crippen LogP contribution in [0.2, 0.25) is 0 Å². The molecule has 2 aromatic rings. The van der Waals surface area contributed by atoms with Crippen molar-refractivity contribution in [3.05, 3.63) is 42.0 Å². The summed E-state index contributed by atoms with van der Waals surface area (Å²) >= 11 is 0. The quantitative estimate of drug-likeness (QED) is 0.866. The molecule has 126 valence electrons. The van der Waals surface area contributed by atoms with Crippen molar-refractivity contribution in [3.63, 3.8) is 0 Å². The lowest BCUT2D eigenvalue weighted by Crippen LogP contribution is -2.41. The molecule has 5 heteroatoms. The molecule has 0 bridgehead atoms. The second-order valence-electron chi connectivity index (χ2n) is 5.67. The van der Waals surface area contributed by atoms with E-state index >= 15 is 0 Å². The third kappa shape index (κ3) is 3.08. The van der Waals surface area contributed by atoms with Gasteiger partial charge in [0.1, 0.15) is 18.1 Å². The Balaban J connectivity index is 1.97. The predicted molar refractivity (Wildman–Crippen MR) is 92.9 cm³/mol. The van der Waals surface area contributed by atoms with Crippen LogP contribution in [0.1, 0.15) is 5.56 Å². The summed E-state index contributed by atoms with van der Waals surface area (Å²) < 4.78 is 16.1. The lowest BCUT2D eigenvalue weighted by molar-refractivity contribution is -0.125. The summed E-state index contributed by atoms with van der Waals surface area (Å²) in [6, 6.07) is 11.8. The smallest absolute Gasteiger partial charge is 0.253 e. The van der Waals surface area contributed by atoms with Gasteiger partial charge in [0.15, 0.2) is 0 Å². The van der Waals surface area contributed by atoms with Gasteiger partial charge >= 0.3 is 0 Å². The summed E-state index contributed by atoms with van der Waals surface area (Å²) in [4.78, 5) is 13.7. The van der Waals surface area contributed by atoms with Crippen LogP contribution in [0.4, 0.5) is 5.69 Å². The van der Waals surface area contributed by atoms with Crippen molar-refractivity contribution >= 4 is 11.6 Å². The van der Waals surface area contributed by atoms with Crippen LogP contribution < -0.4 is 14.4 Å². The van der Waals surface area contributed by atoms with Crippen LogP contribution in [0.25, 0.3) is 11.1 Å². The van der Waals surface area contributed by atoms with E-state index in [1.54, 1.807) is 19.1 Å². The third-order valence-electron chi connectivity index (χ3n) is 4.19. The van der Waals surface area contributed by atoms with Gasteiger partial charge in [-0.1, -0.05) is 6.07 Å². The molecule has 0 saturated carbocycles. The Morgan fingerprint density at radius 2 is 1.83 bits per heavy atom. The van der Waals surface area contributed by atoms with Crippen molar-refractivity contribution in [2.24, 2.45) is 0 Å². The first-order chi connectivity index (χ1) is 11.6. The van der Waals surface area contributed by atoms with E-state index in [1.165, 1.54) is 0 Å². The van der Waals surface area contributed by atoms with Gasteiger partial charge in [-0.2, -0.15) is 0 Å². The first kappa shape index (κ1) is 16.3. The number of anilines is 1. The predicted octanol–water partition coefficient (Wildman–Crippen LogP) is 3.04. The number of morpholine rings is 1. The van der Waals surface area contributed by atoms with Crippen LogP contribution in [-0.4, -0.2) is 39.9 Å². The number of hydrogen-bond acceptors (Lipinski definition) is 4. The number of methoxy groups -OCH3 is 2. The molecule has 0 spiro atoms. The number of nitrogens with zero attached hydrogens (tertiary/aromatic N) is 1. The van der Waals surface area contributed by atoms with Crippen LogP contribution >= 0.6 is 0 Å². The number of amides is 1. The van der Waals surface area contributed by atoms with Gasteiger partial charge in [-0.05, 0) is 42.3 Å². The van der Waals surface area contributed by atoms with E-state index in [4.69, 9.17) is 14.2 Å². The molecule has 24 heavy (non-hydrogen) atoms. The zero-order valence-electron chi connectivity index (χ0n) is 14.2. The maximum absolute atomic E-state index is 12.0. The molecule has 2 aromatic carbocycles. The van der Waals surface area contributed by atoms with Crippen LogP contribution in [-0.2, 0) is 9.53 Å². The summed E-state index contributed by atoms with van der Waals surface area (Å²) in [5.41, 5.74) is 3.91. The van der Waals surface area contributed by atoms with Gasteiger partial charge in [0.25, 0.3) is 5.91 Å². The second kappa shape index (κ2) is 6.93. The van der Waals surface area contributed by atoms with Gasteiger partial charge < -0.3 is 19.1 Å². The standard InChI is InChI=1S/C19H21NO4/c1-13-10-14(4-7-17(13)22-2)16-6-5-15(11-18(16)23-3)20-8-9-24-12-19(20)21/h4-7,10-11H,8-9,12H2,1-3H3. The maximum Gasteiger partial charge on any atom is 0.253 e. The molecule has 3 rings (SSSR count). The highest BCUT2D eigenvalue weighted by Gasteiger charge is 2.21. The maximum atomic E-state index is 12.0. The third-order valence-corrected chi connectivity index (χ3v) is 4.19. The molecular weight excluding hydrogens is 306 g/mol. The van der Waals surface area contributed by atoms with E-state index < -0.39 is 0 Å². The van der Waals surface area contributed by atoms with E-state index in [0.717, 1.165) is 33.9 Å². The van der Waals surface area contributed by atoms with Crippen molar-refractivity contribution in [2.75, 3.05) is 38.9 Å². The topological polar surface area (TPSA) is 48.0 Å². The highest BCUT2D eigenvalue weighted by atomic mass is 16.5. The molecule has 0 unspecified atom stereocenters. The molecular formula is C19H21NO4. The molecule has 1 saturated heterocycles. The zero-order chi connectivity index (χ0) is 17.1. The van der Waals surface area contributed by atoms with E-state index in [9.17, 15) is 4.79 Å². The van der Waals surface area contributed by atoms with Gasteiger partial charge in [-0.3, -0.25) is 4.79 Å². The van der Waals surface area contributed by atoms with E-state index in [-0.39, 0.29) is 12.5 Å². The summed E-state index contributed by atoms with van der Waals surface area (Å²) in [7, 11) is 3.30. The first-order valence-corrected chi connectivity index (χ1v) is 7.85. The van der Waals surface area contributed by atoms with Crippen LogP contribution in [0, 0.1) is 6.92 Å². The normalized spacial score (nSPS) is 14.6. The molecule has 1 aliphatic heterocycles. The Morgan fingerprint density at radius 3 is 2.50 bits per heavy atom. The monoisotopic (exact) mass is 327 g/mol. The summed E-state index contributed by atoms with van der Waals surface area (Å²) in [6.07, 6.45) is 0. The van der Waals surface area contributed by atoms with Crippen LogP contribution in [0.5, 0.6) is 11.5 Å². The minimum atomic E-state index is -0.0312. The largest absolute Gasteiger partial charge is 0.496 e. The number of hydrogen-bond donors (Lipinski definition) is 0. The summed E-state index contributed by atoms with van der Waals surface area (Å²) in [5, 5.41) is 0. The van der Waals surface area contributed by atoms with Gasteiger partial charge in [-0.25, -0.2) is 0 Å². The number of carbonyl (C=O) groups excluding carboxylic acids is 1. The fraction of sp³-hybridized carbons (Fsp3) is 0.316. The fourth-order valence-electron chi connectivity index (χ4n) is 2.92. The van der Waals surface area contributed by atoms with Gasteiger partial charge in [-0.15, -0.1) is 0 Å². The molecule has 5 nitrogen and oxygen atoms in total. The Morgan fingerprint density at radius 1 is 1.04 bits per heavy atom. The summed E-state index contributed by atoms with van der Waals surface area (Å²) in [5.74, 6) is 1.56. The Hall–Kier alpha value is -2.53. The molecule has 1 fully saturated rings. The Labute approximate surface area is 141 Å². The van der Waals surface area contributed by atoms with Crippen molar-refractivity contribution in [3.8, 4) is 22.6 Å². The molecule has 0 radical (unpaired) electrons. The lowest BCUT2D eigenvalue weighted by Gasteiger charge is -2.27. The van der Waals surface area contributed by atoms with Gasteiger partial charge in [0.05, 0.1) is 20.8 Å². The number of carbonyl (C=O) groups is 1.